The van der Waals surface area contributed by atoms with Crippen LogP contribution >= 0.6 is 0 Å². The quantitative estimate of drug-likeness (QED) is 0.915. The van der Waals surface area contributed by atoms with Crippen molar-refractivity contribution in [3.8, 4) is 0 Å². The Morgan fingerprint density at radius 1 is 1.12 bits per heavy atom. The van der Waals surface area contributed by atoms with Crippen LogP contribution in [0.2, 0.25) is 0 Å². The Balaban J connectivity index is 1.72. The summed E-state index contributed by atoms with van der Waals surface area (Å²) in [6.07, 6.45) is 2.31. The van der Waals surface area contributed by atoms with Crippen LogP contribution in [0.4, 0.5) is 5.69 Å². The van der Waals surface area contributed by atoms with Gasteiger partial charge in [-0.15, -0.1) is 0 Å². The van der Waals surface area contributed by atoms with Crippen LogP contribution in [0.3, 0.4) is 0 Å². The maximum Gasteiger partial charge on any atom is 0.228 e. The van der Waals surface area contributed by atoms with Gasteiger partial charge in [0.05, 0.1) is 5.92 Å². The van der Waals surface area contributed by atoms with Crippen LogP contribution in [0.15, 0.2) is 12.1 Å². The van der Waals surface area contributed by atoms with Crippen LogP contribution in [0, 0.1) is 26.7 Å². The topological polar surface area (TPSA) is 52.7 Å². The summed E-state index contributed by atoms with van der Waals surface area (Å²) < 4.78 is 0. The Labute approximate surface area is 150 Å². The monoisotopic (exact) mass is 343 g/mol. The maximum atomic E-state index is 12.9. The summed E-state index contributed by atoms with van der Waals surface area (Å²) in [6, 6.07) is 4.71. The Morgan fingerprint density at radius 3 is 2.28 bits per heavy atom. The molecular weight excluding hydrogens is 314 g/mol. The van der Waals surface area contributed by atoms with Gasteiger partial charge in [-0.25, -0.2) is 0 Å². The molecule has 2 aliphatic heterocycles. The highest BCUT2D eigenvalue weighted by Gasteiger charge is 2.38. The largest absolute Gasteiger partial charge is 0.342 e. The van der Waals surface area contributed by atoms with Gasteiger partial charge in [0.25, 0.3) is 0 Å². The summed E-state index contributed by atoms with van der Waals surface area (Å²) in [5, 5.41) is 3.29. The fourth-order valence-corrected chi connectivity index (χ4v) is 4.33. The molecule has 0 bridgehead atoms. The van der Waals surface area contributed by atoms with Crippen molar-refractivity contribution in [1.82, 2.24) is 10.2 Å². The van der Waals surface area contributed by atoms with E-state index in [0.29, 0.717) is 19.0 Å². The molecular formula is C20H29N3O2. The average Bonchev–Trinajstić information content (AvgIpc) is 2.95. The first-order valence-corrected chi connectivity index (χ1v) is 9.25. The molecule has 2 aliphatic rings. The number of amides is 2. The minimum Gasteiger partial charge on any atom is -0.342 e. The third kappa shape index (κ3) is 3.56. The minimum atomic E-state index is -0.210. The summed E-state index contributed by atoms with van der Waals surface area (Å²) in [4.78, 5) is 29.2. The molecule has 1 atom stereocenters. The number of likely N-dealkylation sites (tertiary alicyclic amines) is 1. The van der Waals surface area contributed by atoms with Gasteiger partial charge >= 0.3 is 0 Å². The summed E-state index contributed by atoms with van der Waals surface area (Å²) >= 11 is 0. The van der Waals surface area contributed by atoms with Crippen LogP contribution in [0.5, 0.6) is 0 Å². The molecule has 0 aliphatic carbocycles. The number of nitrogens with one attached hydrogen (secondary N) is 1. The number of hydrogen-bond acceptors (Lipinski definition) is 3. The Morgan fingerprint density at radius 2 is 1.72 bits per heavy atom. The molecule has 2 fully saturated rings. The standard InChI is InChI=1S/C20H29N3O2/c1-13-9-14(2)19(15(3)10-13)23-12-16(11-18(23)24)20(25)22-7-5-17(21-4)6-8-22/h9-10,16-17,21H,5-8,11-12H2,1-4H3. The Hall–Kier alpha value is -1.88. The fraction of sp³-hybridized carbons (Fsp3) is 0.600. The third-order valence-electron chi connectivity index (χ3n) is 5.59. The normalized spacial score (nSPS) is 21.9. The molecule has 2 amide bonds. The average molecular weight is 343 g/mol. The van der Waals surface area contributed by atoms with E-state index in [0.717, 1.165) is 42.7 Å². The molecule has 5 nitrogen and oxygen atoms in total. The van der Waals surface area contributed by atoms with Crippen LogP contribution in [-0.2, 0) is 9.59 Å². The fourth-order valence-electron chi connectivity index (χ4n) is 4.33. The third-order valence-corrected chi connectivity index (χ3v) is 5.59. The van der Waals surface area contributed by atoms with Gasteiger partial charge in [0.15, 0.2) is 0 Å². The zero-order valence-corrected chi connectivity index (χ0v) is 15.8. The van der Waals surface area contributed by atoms with Crippen molar-refractivity contribution in [1.29, 1.82) is 0 Å². The first-order valence-electron chi connectivity index (χ1n) is 9.25. The number of carbonyl (C=O) groups is 2. The molecule has 136 valence electrons. The van der Waals surface area contributed by atoms with Crippen LogP contribution in [-0.4, -0.2) is 49.4 Å². The van der Waals surface area contributed by atoms with E-state index in [-0.39, 0.29) is 17.7 Å². The summed E-state index contributed by atoms with van der Waals surface area (Å²) in [6.45, 7) is 8.24. The highest BCUT2D eigenvalue weighted by Crippen LogP contribution is 2.32. The number of anilines is 1. The van der Waals surface area contributed by atoms with Gasteiger partial charge in [-0.2, -0.15) is 0 Å². The van der Waals surface area contributed by atoms with E-state index in [4.69, 9.17) is 0 Å². The summed E-state index contributed by atoms with van der Waals surface area (Å²) in [5.74, 6) is 0.00470. The van der Waals surface area contributed by atoms with Gasteiger partial charge in [0.2, 0.25) is 11.8 Å². The maximum absolute atomic E-state index is 12.9. The first-order chi connectivity index (χ1) is 11.9. The second-order valence-electron chi connectivity index (χ2n) is 7.54. The van der Waals surface area contributed by atoms with Gasteiger partial charge in [-0.3, -0.25) is 9.59 Å². The number of benzene rings is 1. The zero-order chi connectivity index (χ0) is 18.1. The van der Waals surface area contributed by atoms with Crippen molar-refractivity contribution < 1.29 is 9.59 Å². The molecule has 0 spiro atoms. The summed E-state index contributed by atoms with van der Waals surface area (Å²) in [7, 11) is 1.97. The smallest absolute Gasteiger partial charge is 0.228 e. The Bertz CT molecular complexity index is 655. The van der Waals surface area contributed by atoms with Crippen molar-refractivity contribution >= 4 is 17.5 Å². The van der Waals surface area contributed by atoms with Crippen molar-refractivity contribution in [2.45, 2.75) is 46.1 Å². The van der Waals surface area contributed by atoms with Crippen molar-refractivity contribution in [2.24, 2.45) is 5.92 Å². The zero-order valence-electron chi connectivity index (χ0n) is 15.8. The molecule has 25 heavy (non-hydrogen) atoms. The molecule has 2 heterocycles. The lowest BCUT2D eigenvalue weighted by molar-refractivity contribution is -0.136. The van der Waals surface area contributed by atoms with E-state index in [1.54, 1.807) is 0 Å². The molecule has 5 heteroatoms. The van der Waals surface area contributed by atoms with Crippen molar-refractivity contribution in [2.75, 3.05) is 31.6 Å². The first kappa shape index (κ1) is 17.9. The van der Waals surface area contributed by atoms with E-state index < -0.39 is 0 Å². The number of hydrogen-bond donors (Lipinski definition) is 1. The van der Waals surface area contributed by atoms with Crippen LogP contribution in [0.25, 0.3) is 0 Å². The van der Waals surface area contributed by atoms with Gasteiger partial charge in [-0.05, 0) is 51.8 Å². The number of nitrogens with zero attached hydrogens (tertiary/aromatic N) is 2. The lowest BCUT2D eigenvalue weighted by atomic mass is 10.0. The van der Waals surface area contributed by atoms with Gasteiger partial charge < -0.3 is 15.1 Å². The van der Waals surface area contributed by atoms with Gasteiger partial charge in [0, 0.05) is 37.8 Å². The van der Waals surface area contributed by atoms with Crippen molar-refractivity contribution in [3.63, 3.8) is 0 Å². The van der Waals surface area contributed by atoms with Crippen LogP contribution in [0.1, 0.15) is 36.0 Å². The molecule has 0 saturated carbocycles. The molecule has 1 aromatic carbocycles. The molecule has 1 aromatic rings. The highest BCUT2D eigenvalue weighted by molar-refractivity contribution is 6.01. The van der Waals surface area contributed by atoms with E-state index in [1.807, 2.05) is 30.7 Å². The molecule has 3 rings (SSSR count). The molecule has 0 radical (unpaired) electrons. The second-order valence-corrected chi connectivity index (χ2v) is 7.54. The predicted octanol–water partition coefficient (Wildman–Crippen LogP) is 2.18. The number of piperidine rings is 1. The van der Waals surface area contributed by atoms with Crippen molar-refractivity contribution in [3.05, 3.63) is 28.8 Å². The Kier molecular flexibility index (Phi) is 5.13. The number of rotatable bonds is 3. The lowest BCUT2D eigenvalue weighted by Crippen LogP contribution is -2.46. The summed E-state index contributed by atoms with van der Waals surface area (Å²) in [5.41, 5.74) is 4.40. The molecule has 0 aromatic heterocycles. The van der Waals surface area contributed by atoms with E-state index >= 15 is 0 Å². The second kappa shape index (κ2) is 7.16. The molecule has 1 N–H and O–H groups in total. The lowest BCUT2D eigenvalue weighted by Gasteiger charge is -2.33. The highest BCUT2D eigenvalue weighted by atomic mass is 16.2. The number of carbonyl (C=O) groups excluding carboxylic acids is 2. The van der Waals surface area contributed by atoms with Gasteiger partial charge in [-0.1, -0.05) is 17.7 Å². The van der Waals surface area contributed by atoms with E-state index in [1.165, 1.54) is 5.56 Å². The predicted molar refractivity (Wildman–Crippen MR) is 99.8 cm³/mol. The molecule has 2 saturated heterocycles. The van der Waals surface area contributed by atoms with E-state index in [2.05, 4.69) is 24.4 Å². The van der Waals surface area contributed by atoms with E-state index in [9.17, 15) is 9.59 Å². The van der Waals surface area contributed by atoms with Gasteiger partial charge in [0.1, 0.15) is 0 Å². The number of aryl methyl sites for hydroxylation is 3. The molecule has 1 unspecified atom stereocenters. The SMILES string of the molecule is CNC1CCN(C(=O)C2CC(=O)N(c3c(C)cc(C)cc3C)C2)CC1. The minimum absolute atomic E-state index is 0.0681. The van der Waals surface area contributed by atoms with Crippen LogP contribution < -0.4 is 10.2 Å².